The molecule has 2 aliphatic rings. The summed E-state index contributed by atoms with van der Waals surface area (Å²) in [5.41, 5.74) is 3.93. The summed E-state index contributed by atoms with van der Waals surface area (Å²) in [6.07, 6.45) is 10.1. The van der Waals surface area contributed by atoms with E-state index in [0.717, 1.165) is 0 Å². The van der Waals surface area contributed by atoms with Crippen LogP contribution in [0.3, 0.4) is 0 Å². The van der Waals surface area contributed by atoms with E-state index in [-0.39, 0.29) is 21.7 Å². The van der Waals surface area contributed by atoms with Gasteiger partial charge in [-0.05, 0) is 82.1 Å². The summed E-state index contributed by atoms with van der Waals surface area (Å²) in [5.74, 6) is 6.07. The summed E-state index contributed by atoms with van der Waals surface area (Å²) in [5, 5.41) is 0. The van der Waals surface area contributed by atoms with Crippen LogP contribution in [0.25, 0.3) is 0 Å². The predicted octanol–water partition coefficient (Wildman–Crippen LogP) is 9.63. The zero-order valence-corrected chi connectivity index (χ0v) is 28.0. The average molecular weight is 573 g/mol. The van der Waals surface area contributed by atoms with Gasteiger partial charge in [-0.2, -0.15) is 0 Å². The first kappa shape index (κ1) is 31.7. The van der Waals surface area contributed by atoms with Crippen molar-refractivity contribution in [3.8, 4) is 0 Å². The quantitative estimate of drug-likeness (QED) is 0.289. The first-order valence-corrected chi connectivity index (χ1v) is 21.0. The van der Waals surface area contributed by atoms with Crippen LogP contribution in [0.1, 0.15) is 83.1 Å². The van der Waals surface area contributed by atoms with Crippen LogP contribution in [0.2, 0.25) is 13.1 Å². The van der Waals surface area contributed by atoms with Crippen LogP contribution in [-0.4, -0.2) is 8.07 Å². The maximum atomic E-state index is 4.93. The van der Waals surface area contributed by atoms with E-state index in [4.69, 9.17) is 17.0 Å². The van der Waals surface area contributed by atoms with Gasteiger partial charge in [0.1, 0.15) is 0 Å². The monoisotopic (exact) mass is 570 g/mol. The SMILES string of the molecule is CC(C)(C)[C]1[CH][C](C(C)(C)C)[C]([Si](C)(C)[C]2[CH][C](C(C)(C)C)[CH][C]2C(C)(C)C)[CH]1.[Cl][Zr+2][Cl]. The molecule has 0 saturated heterocycles. The van der Waals surface area contributed by atoms with Gasteiger partial charge in [0.25, 0.3) is 0 Å². The molecule has 178 valence electrons. The molecule has 10 radical (unpaired) electrons. The van der Waals surface area contributed by atoms with Gasteiger partial charge in [0.15, 0.2) is 0 Å². The molecule has 0 spiro atoms. The van der Waals surface area contributed by atoms with Crippen LogP contribution in [0.15, 0.2) is 0 Å². The summed E-state index contributed by atoms with van der Waals surface area (Å²) < 4.78 is 0. The van der Waals surface area contributed by atoms with Crippen LogP contribution >= 0.6 is 17.0 Å². The van der Waals surface area contributed by atoms with Crippen molar-refractivity contribution in [3.63, 3.8) is 0 Å². The third-order valence-electron chi connectivity index (χ3n) is 6.47. The molecule has 2 fully saturated rings. The fourth-order valence-electron chi connectivity index (χ4n) is 4.30. The Balaban J connectivity index is 0.00000161. The maximum absolute atomic E-state index is 4.93. The van der Waals surface area contributed by atoms with Gasteiger partial charge in [-0.25, -0.2) is 0 Å². The molecule has 0 aromatic rings. The van der Waals surface area contributed by atoms with Gasteiger partial charge < -0.3 is 0 Å². The van der Waals surface area contributed by atoms with Crippen molar-refractivity contribution < 1.29 is 20.8 Å². The van der Waals surface area contributed by atoms with E-state index in [0.29, 0.717) is 0 Å². The Morgan fingerprint density at radius 1 is 0.531 bits per heavy atom. The van der Waals surface area contributed by atoms with E-state index in [2.05, 4.69) is 122 Å². The second-order valence-corrected chi connectivity index (χ2v) is 21.9. The fourth-order valence-corrected chi connectivity index (χ4v) is 7.87. The summed E-state index contributed by atoms with van der Waals surface area (Å²) in [4.78, 5) is 0. The second kappa shape index (κ2) is 11.0. The molecular formula is C28H46Cl2SiZr+2. The Labute approximate surface area is 222 Å². The minimum atomic E-state index is -1.88. The molecule has 0 nitrogen and oxygen atoms in total. The molecule has 0 aromatic heterocycles. The van der Waals surface area contributed by atoms with Crippen LogP contribution in [0.4, 0.5) is 0 Å². The van der Waals surface area contributed by atoms with Crippen LogP contribution in [-0.2, 0) is 20.8 Å². The van der Waals surface area contributed by atoms with Crippen molar-refractivity contribution in [2.75, 3.05) is 0 Å². The predicted molar refractivity (Wildman–Crippen MR) is 144 cm³/mol. The molecule has 0 unspecified atom stereocenters. The van der Waals surface area contributed by atoms with Crippen LogP contribution in [0.5, 0.6) is 0 Å². The second-order valence-electron chi connectivity index (χ2n) is 13.8. The fraction of sp³-hybridized carbons (Fsp3) is 0.643. The van der Waals surface area contributed by atoms with E-state index in [1.807, 2.05) is 0 Å². The van der Waals surface area contributed by atoms with E-state index in [1.54, 1.807) is 22.9 Å². The van der Waals surface area contributed by atoms with Gasteiger partial charge in [0.2, 0.25) is 0 Å². The molecule has 2 rings (SSSR count). The zero-order chi connectivity index (χ0) is 25.5. The molecule has 4 heteroatoms. The Morgan fingerprint density at radius 3 is 0.969 bits per heavy atom. The van der Waals surface area contributed by atoms with Gasteiger partial charge in [0, 0.05) is 0 Å². The van der Waals surface area contributed by atoms with Gasteiger partial charge >= 0.3 is 37.9 Å². The Kier molecular flexibility index (Phi) is 10.9. The summed E-state index contributed by atoms with van der Waals surface area (Å²) in [6, 6.07) is 0. The number of rotatable bonds is 2. The van der Waals surface area contributed by atoms with Crippen molar-refractivity contribution in [1.29, 1.82) is 0 Å². The van der Waals surface area contributed by atoms with Crippen LogP contribution in [0, 0.1) is 82.1 Å². The van der Waals surface area contributed by atoms with Crippen molar-refractivity contribution in [1.82, 2.24) is 0 Å². The zero-order valence-electron chi connectivity index (χ0n) is 23.1. The molecule has 0 aromatic carbocycles. The van der Waals surface area contributed by atoms with E-state index >= 15 is 0 Å². The third kappa shape index (κ3) is 7.84. The van der Waals surface area contributed by atoms with E-state index < -0.39 is 28.9 Å². The molecule has 0 amide bonds. The molecule has 2 aliphatic carbocycles. The number of halogens is 2. The minimum absolute atomic E-state index is 0.157. The Hall–Kier alpha value is 1.68. The molecule has 32 heavy (non-hydrogen) atoms. The molecule has 0 N–H and O–H groups in total. The van der Waals surface area contributed by atoms with Crippen molar-refractivity contribution in [2.24, 2.45) is 21.7 Å². The molecule has 0 bridgehead atoms. The number of hydrogen-bond donors (Lipinski definition) is 0. The standard InChI is InChI=1S/C28H46Si.2ClH.Zr/c1-25(2,3)19-15-21(27(7,8)9)23(17-19)29(13,14)24-18-20(26(4,5)6)16-22(24)28(10,11)12;;;/h15-18H,1-14H3;2*1H;/q;;;+4/p-2. The van der Waals surface area contributed by atoms with E-state index in [9.17, 15) is 0 Å². The Morgan fingerprint density at radius 2 is 0.781 bits per heavy atom. The van der Waals surface area contributed by atoms with Gasteiger partial charge in [0.05, 0.1) is 8.07 Å². The third-order valence-corrected chi connectivity index (χ3v) is 10.00. The Bertz CT molecular complexity index is 539. The number of hydrogen-bond acceptors (Lipinski definition) is 0. The normalized spacial score (nSPS) is 22.2. The molecule has 0 heterocycles. The summed E-state index contributed by atoms with van der Waals surface area (Å²) in [6.45, 7) is 33.4. The molecule has 0 atom stereocenters. The van der Waals surface area contributed by atoms with Gasteiger partial charge in [-0.15, -0.1) is 0 Å². The first-order valence-electron chi connectivity index (χ1n) is 11.7. The van der Waals surface area contributed by atoms with Crippen LogP contribution < -0.4 is 0 Å². The topological polar surface area (TPSA) is 0 Å². The average Bonchev–Trinajstić information content (AvgIpc) is 3.19. The first-order chi connectivity index (χ1) is 14.1. The summed E-state index contributed by atoms with van der Waals surface area (Å²) >= 11 is -0.826. The molecular weight excluding hydrogens is 527 g/mol. The van der Waals surface area contributed by atoms with Crippen molar-refractivity contribution in [2.45, 2.75) is 96.2 Å². The van der Waals surface area contributed by atoms with E-state index in [1.165, 1.54) is 11.8 Å². The molecule has 2 saturated carbocycles. The summed E-state index contributed by atoms with van der Waals surface area (Å²) in [7, 11) is 7.99. The van der Waals surface area contributed by atoms with Gasteiger partial charge in [-0.3, -0.25) is 0 Å². The molecule has 0 aliphatic heterocycles. The van der Waals surface area contributed by atoms with Crippen molar-refractivity contribution in [3.05, 3.63) is 60.4 Å². The van der Waals surface area contributed by atoms with Crippen molar-refractivity contribution >= 4 is 25.1 Å². The van der Waals surface area contributed by atoms with Gasteiger partial charge in [-0.1, -0.05) is 96.2 Å².